The molecule has 0 saturated heterocycles. The molecule has 0 saturated carbocycles. The normalized spacial score (nSPS) is 11.3. The van der Waals surface area contributed by atoms with Crippen molar-refractivity contribution in [3.05, 3.63) is 77.6 Å². The number of aliphatic imine (C=N–C) groups is 1. The van der Waals surface area contributed by atoms with E-state index < -0.39 is 0 Å². The van der Waals surface area contributed by atoms with E-state index in [0.717, 1.165) is 22.0 Å². The molecule has 20 heavy (non-hydrogen) atoms. The number of hydrogen-bond donors (Lipinski definition) is 0. The summed E-state index contributed by atoms with van der Waals surface area (Å²) in [7, 11) is 0. The molecule has 0 bridgehead atoms. The Balaban J connectivity index is 2.07. The second-order valence-corrected chi connectivity index (χ2v) is 4.73. The number of halogens is 1. The van der Waals surface area contributed by atoms with E-state index in [1.807, 2.05) is 55.5 Å². The fraction of sp³-hybridized carbons (Fsp3) is 0.0556. The molecule has 3 aromatic carbocycles. The number of hydrogen-bond acceptors (Lipinski definition) is 1. The molecule has 0 aliphatic rings. The molecule has 0 spiro atoms. The first-order valence-electron chi connectivity index (χ1n) is 6.52. The second kappa shape index (κ2) is 5.25. The van der Waals surface area contributed by atoms with Gasteiger partial charge in [-0.05, 0) is 30.0 Å². The number of rotatable bonds is 2. The molecule has 0 aromatic heterocycles. The highest BCUT2D eigenvalue weighted by Gasteiger charge is 2.03. The van der Waals surface area contributed by atoms with Gasteiger partial charge < -0.3 is 0 Å². The predicted molar refractivity (Wildman–Crippen MR) is 82.3 cm³/mol. The molecule has 3 rings (SSSR count). The molecular formula is C18H14FN. The molecule has 0 atom stereocenters. The van der Waals surface area contributed by atoms with Crippen LogP contribution in [0.2, 0.25) is 0 Å². The van der Waals surface area contributed by atoms with Gasteiger partial charge in [0.15, 0.2) is 0 Å². The van der Waals surface area contributed by atoms with Gasteiger partial charge in [0.25, 0.3) is 0 Å². The molecule has 98 valence electrons. The average Bonchev–Trinajstić information content (AvgIpc) is 2.47. The third kappa shape index (κ3) is 2.32. The first-order chi connectivity index (χ1) is 9.75. The van der Waals surface area contributed by atoms with Crippen LogP contribution in [0.5, 0.6) is 0 Å². The van der Waals surface area contributed by atoms with Crippen molar-refractivity contribution in [3.8, 4) is 0 Å². The maximum Gasteiger partial charge on any atom is 0.132 e. The van der Waals surface area contributed by atoms with Crippen molar-refractivity contribution in [2.75, 3.05) is 0 Å². The van der Waals surface area contributed by atoms with Gasteiger partial charge in [-0.2, -0.15) is 0 Å². The molecule has 2 heteroatoms. The molecule has 0 amide bonds. The molecular weight excluding hydrogens is 249 g/mol. The van der Waals surface area contributed by atoms with Gasteiger partial charge in [0, 0.05) is 17.2 Å². The lowest BCUT2D eigenvalue weighted by molar-refractivity contribution is 0.624. The Morgan fingerprint density at radius 3 is 2.50 bits per heavy atom. The zero-order chi connectivity index (χ0) is 13.9. The van der Waals surface area contributed by atoms with Gasteiger partial charge >= 0.3 is 0 Å². The van der Waals surface area contributed by atoms with Crippen molar-refractivity contribution in [2.24, 2.45) is 4.99 Å². The summed E-state index contributed by atoms with van der Waals surface area (Å²) >= 11 is 0. The van der Waals surface area contributed by atoms with Crippen LogP contribution in [0.3, 0.4) is 0 Å². The Morgan fingerprint density at radius 2 is 1.65 bits per heavy atom. The third-order valence-electron chi connectivity index (χ3n) is 3.37. The van der Waals surface area contributed by atoms with Crippen LogP contribution in [0.15, 0.2) is 65.7 Å². The lowest BCUT2D eigenvalue weighted by Crippen LogP contribution is -1.91. The van der Waals surface area contributed by atoms with Gasteiger partial charge in [0.2, 0.25) is 0 Å². The van der Waals surface area contributed by atoms with Crippen molar-refractivity contribution in [1.29, 1.82) is 0 Å². The Morgan fingerprint density at radius 1 is 0.900 bits per heavy atom. The summed E-state index contributed by atoms with van der Waals surface area (Å²) < 4.78 is 13.8. The fourth-order valence-electron chi connectivity index (χ4n) is 2.26. The lowest BCUT2D eigenvalue weighted by atomic mass is 10.1. The Bertz CT molecular complexity index is 765. The number of benzene rings is 3. The van der Waals surface area contributed by atoms with E-state index in [1.165, 1.54) is 6.07 Å². The lowest BCUT2D eigenvalue weighted by Gasteiger charge is -2.03. The Hall–Kier alpha value is -2.48. The average molecular weight is 263 g/mol. The predicted octanol–water partition coefficient (Wildman–Crippen LogP) is 5.04. The van der Waals surface area contributed by atoms with Crippen molar-refractivity contribution in [3.63, 3.8) is 0 Å². The number of fused-ring (bicyclic) bond motifs is 1. The monoisotopic (exact) mass is 263 g/mol. The minimum absolute atomic E-state index is 0.242. The Labute approximate surface area is 117 Å². The molecule has 0 fully saturated rings. The van der Waals surface area contributed by atoms with Crippen LogP contribution in [0.25, 0.3) is 10.8 Å². The highest BCUT2D eigenvalue weighted by Crippen LogP contribution is 2.25. The maximum absolute atomic E-state index is 13.8. The van der Waals surface area contributed by atoms with E-state index in [0.29, 0.717) is 5.56 Å². The minimum atomic E-state index is -0.242. The van der Waals surface area contributed by atoms with Crippen LogP contribution in [0.4, 0.5) is 10.1 Å². The topological polar surface area (TPSA) is 12.4 Å². The summed E-state index contributed by atoms with van der Waals surface area (Å²) in [4.78, 5) is 4.46. The minimum Gasteiger partial charge on any atom is -0.255 e. The van der Waals surface area contributed by atoms with Gasteiger partial charge in [-0.3, -0.25) is 4.99 Å². The van der Waals surface area contributed by atoms with Gasteiger partial charge in [-0.1, -0.05) is 48.5 Å². The number of aryl methyl sites for hydroxylation is 1. The fourth-order valence-corrected chi connectivity index (χ4v) is 2.26. The van der Waals surface area contributed by atoms with Crippen LogP contribution in [-0.4, -0.2) is 6.21 Å². The van der Waals surface area contributed by atoms with Gasteiger partial charge in [-0.25, -0.2) is 4.39 Å². The van der Waals surface area contributed by atoms with E-state index in [4.69, 9.17) is 0 Å². The summed E-state index contributed by atoms with van der Waals surface area (Å²) in [6.07, 6.45) is 1.60. The first-order valence-corrected chi connectivity index (χ1v) is 6.52. The highest BCUT2D eigenvalue weighted by atomic mass is 19.1. The number of nitrogens with zero attached hydrogens (tertiary/aromatic N) is 1. The summed E-state index contributed by atoms with van der Waals surface area (Å²) in [5.41, 5.74) is 2.28. The molecule has 0 heterocycles. The maximum atomic E-state index is 13.8. The first kappa shape index (κ1) is 12.5. The van der Waals surface area contributed by atoms with Crippen molar-refractivity contribution >= 4 is 22.7 Å². The Kier molecular flexibility index (Phi) is 3.30. The molecule has 1 nitrogen and oxygen atoms in total. The van der Waals surface area contributed by atoms with Crippen molar-refractivity contribution in [2.45, 2.75) is 6.92 Å². The molecule has 0 unspecified atom stereocenters. The summed E-state index contributed by atoms with van der Waals surface area (Å²) in [5.74, 6) is -0.242. The van der Waals surface area contributed by atoms with Gasteiger partial charge in [0.05, 0.1) is 5.69 Å². The van der Waals surface area contributed by atoms with Crippen LogP contribution in [0, 0.1) is 12.7 Å². The van der Waals surface area contributed by atoms with E-state index in [2.05, 4.69) is 4.99 Å². The van der Waals surface area contributed by atoms with Crippen molar-refractivity contribution < 1.29 is 4.39 Å². The highest BCUT2D eigenvalue weighted by molar-refractivity contribution is 5.95. The zero-order valence-corrected chi connectivity index (χ0v) is 11.2. The zero-order valence-electron chi connectivity index (χ0n) is 11.2. The standard InChI is InChI=1S/C18H14FN/c1-13-6-4-10-17(19)16(13)12-20-18-11-5-8-14-7-2-3-9-15(14)18/h2-12H,1H3. The van der Waals surface area contributed by atoms with Gasteiger partial charge in [-0.15, -0.1) is 0 Å². The van der Waals surface area contributed by atoms with Crippen molar-refractivity contribution in [1.82, 2.24) is 0 Å². The molecule has 0 aliphatic carbocycles. The van der Waals surface area contributed by atoms with E-state index in [9.17, 15) is 4.39 Å². The van der Waals surface area contributed by atoms with Crippen LogP contribution >= 0.6 is 0 Å². The molecule has 0 radical (unpaired) electrons. The van der Waals surface area contributed by atoms with Gasteiger partial charge in [0.1, 0.15) is 5.82 Å². The summed E-state index contributed by atoms with van der Waals surface area (Å²) in [6, 6.07) is 19.0. The molecule has 3 aromatic rings. The SMILES string of the molecule is Cc1cccc(F)c1C=Nc1cccc2ccccc12. The molecule has 0 N–H and O–H groups in total. The summed E-state index contributed by atoms with van der Waals surface area (Å²) in [6.45, 7) is 1.88. The second-order valence-electron chi connectivity index (χ2n) is 4.73. The third-order valence-corrected chi connectivity index (χ3v) is 3.37. The van der Waals surface area contributed by atoms with E-state index >= 15 is 0 Å². The molecule has 0 aliphatic heterocycles. The van der Waals surface area contributed by atoms with Crippen LogP contribution in [0.1, 0.15) is 11.1 Å². The summed E-state index contributed by atoms with van der Waals surface area (Å²) in [5, 5.41) is 2.20. The smallest absolute Gasteiger partial charge is 0.132 e. The van der Waals surface area contributed by atoms with Crippen LogP contribution < -0.4 is 0 Å². The quantitative estimate of drug-likeness (QED) is 0.574. The van der Waals surface area contributed by atoms with Crippen LogP contribution in [-0.2, 0) is 0 Å². The van der Waals surface area contributed by atoms with E-state index in [1.54, 1.807) is 12.3 Å². The van der Waals surface area contributed by atoms with E-state index in [-0.39, 0.29) is 5.82 Å². The largest absolute Gasteiger partial charge is 0.255 e.